The molecule has 2 aromatic rings. The van der Waals surface area contributed by atoms with E-state index < -0.39 is 0 Å². The first-order chi connectivity index (χ1) is 12.0. The third-order valence-electron chi connectivity index (χ3n) is 3.89. The van der Waals surface area contributed by atoms with Gasteiger partial charge in [0.25, 0.3) is 0 Å². The number of ketones is 1. The van der Waals surface area contributed by atoms with Crippen LogP contribution in [-0.2, 0) is 17.8 Å². The van der Waals surface area contributed by atoms with Crippen molar-refractivity contribution in [3.63, 3.8) is 0 Å². The van der Waals surface area contributed by atoms with Gasteiger partial charge in [-0.2, -0.15) is 0 Å². The molecule has 0 aliphatic heterocycles. The summed E-state index contributed by atoms with van der Waals surface area (Å²) >= 11 is 0. The Kier molecular flexibility index (Phi) is 8.82. The quantitative estimate of drug-likeness (QED) is 0.690. The third-order valence-corrected chi connectivity index (χ3v) is 3.89. The Balaban J connectivity index is 0.00000338. The second kappa shape index (κ2) is 10.6. The molecule has 2 rings (SSSR count). The highest BCUT2D eigenvalue weighted by Gasteiger charge is 2.13. The van der Waals surface area contributed by atoms with Gasteiger partial charge in [0.1, 0.15) is 5.75 Å². The van der Waals surface area contributed by atoms with Crippen LogP contribution in [0.5, 0.6) is 5.75 Å². The molecule has 0 radical (unpaired) electrons. The summed E-state index contributed by atoms with van der Waals surface area (Å²) in [5, 5.41) is 6.21. The number of Topliss-reactive ketones (excluding diaryl/α,β-unsaturated/α-hetero) is 1. The number of methoxy groups -OCH3 is 1. The Morgan fingerprint density at radius 1 is 1.08 bits per heavy atom. The van der Waals surface area contributed by atoms with Gasteiger partial charge in [-0.25, -0.2) is 0 Å². The lowest BCUT2D eigenvalue weighted by atomic mass is 10.0. The number of amides is 1. The van der Waals surface area contributed by atoms with E-state index in [1.54, 1.807) is 25.3 Å². The Morgan fingerprint density at radius 2 is 1.81 bits per heavy atom. The number of halogens is 1. The third kappa shape index (κ3) is 5.86. The number of anilines is 1. The molecule has 0 aromatic heterocycles. The van der Waals surface area contributed by atoms with E-state index in [9.17, 15) is 9.59 Å². The maximum atomic E-state index is 12.5. The van der Waals surface area contributed by atoms with Crippen molar-refractivity contribution in [2.24, 2.45) is 0 Å². The lowest BCUT2D eigenvalue weighted by Gasteiger charge is -2.13. The summed E-state index contributed by atoms with van der Waals surface area (Å²) < 4.78 is 5.31. The van der Waals surface area contributed by atoms with Gasteiger partial charge in [0, 0.05) is 23.4 Å². The van der Waals surface area contributed by atoms with Crippen molar-refractivity contribution in [1.82, 2.24) is 5.32 Å². The van der Waals surface area contributed by atoms with E-state index in [4.69, 9.17) is 4.74 Å². The molecule has 0 bridgehead atoms. The molecule has 2 N–H and O–H groups in total. The van der Waals surface area contributed by atoms with E-state index in [-0.39, 0.29) is 30.5 Å². The van der Waals surface area contributed by atoms with Crippen LogP contribution >= 0.6 is 12.4 Å². The van der Waals surface area contributed by atoms with Crippen molar-refractivity contribution in [1.29, 1.82) is 0 Å². The minimum Gasteiger partial charge on any atom is -0.496 e. The Labute approximate surface area is 160 Å². The van der Waals surface area contributed by atoms with E-state index in [0.717, 1.165) is 17.8 Å². The summed E-state index contributed by atoms with van der Waals surface area (Å²) in [7, 11) is 1.55. The first-order valence-corrected chi connectivity index (χ1v) is 8.31. The van der Waals surface area contributed by atoms with Crippen LogP contribution in [0.4, 0.5) is 5.69 Å². The Morgan fingerprint density at radius 3 is 2.46 bits per heavy atom. The van der Waals surface area contributed by atoms with Crippen LogP contribution in [0.25, 0.3) is 0 Å². The molecule has 0 fully saturated rings. The van der Waals surface area contributed by atoms with Gasteiger partial charge in [0.05, 0.1) is 13.5 Å². The molecule has 0 atom stereocenters. The number of carbonyl (C=O) groups excluding carboxylic acids is 2. The fraction of sp³-hybridized carbons (Fsp3) is 0.300. The van der Waals surface area contributed by atoms with Crippen molar-refractivity contribution in [2.45, 2.75) is 26.8 Å². The van der Waals surface area contributed by atoms with Crippen molar-refractivity contribution < 1.29 is 14.3 Å². The molecule has 0 heterocycles. The molecule has 1 amide bonds. The zero-order valence-electron chi connectivity index (χ0n) is 15.3. The Bertz CT molecular complexity index is 762. The highest BCUT2D eigenvalue weighted by Crippen LogP contribution is 2.22. The number of ether oxygens (including phenoxy) is 1. The van der Waals surface area contributed by atoms with Crippen LogP contribution in [0.1, 0.15) is 35.3 Å². The molecular weight excluding hydrogens is 352 g/mol. The van der Waals surface area contributed by atoms with E-state index in [1.165, 1.54) is 6.92 Å². The predicted molar refractivity (Wildman–Crippen MR) is 106 cm³/mol. The molecule has 5 nitrogen and oxygen atoms in total. The number of para-hydroxylation sites is 1. The molecule has 0 saturated heterocycles. The summed E-state index contributed by atoms with van der Waals surface area (Å²) in [6.07, 6.45) is 0.139. The van der Waals surface area contributed by atoms with Gasteiger partial charge < -0.3 is 15.4 Å². The second-order valence-corrected chi connectivity index (χ2v) is 5.75. The molecular formula is C20H25ClN2O3. The van der Waals surface area contributed by atoms with E-state index in [1.807, 2.05) is 31.2 Å². The Hall–Kier alpha value is -2.37. The van der Waals surface area contributed by atoms with Gasteiger partial charge >= 0.3 is 0 Å². The van der Waals surface area contributed by atoms with Crippen molar-refractivity contribution in [3.05, 3.63) is 59.2 Å². The molecule has 0 aliphatic rings. The molecule has 6 heteroatoms. The van der Waals surface area contributed by atoms with Crippen LogP contribution < -0.4 is 15.4 Å². The summed E-state index contributed by atoms with van der Waals surface area (Å²) in [6.45, 7) is 5.09. The zero-order valence-corrected chi connectivity index (χ0v) is 16.1. The second-order valence-electron chi connectivity index (χ2n) is 5.75. The highest BCUT2D eigenvalue weighted by molar-refractivity contribution is 5.96. The van der Waals surface area contributed by atoms with E-state index in [2.05, 4.69) is 10.6 Å². The molecule has 26 heavy (non-hydrogen) atoms. The lowest BCUT2D eigenvalue weighted by Crippen LogP contribution is -2.18. The molecule has 0 unspecified atom stereocenters. The smallest absolute Gasteiger partial charge is 0.228 e. The number of hydrogen-bond donors (Lipinski definition) is 2. The number of hydrogen-bond acceptors (Lipinski definition) is 4. The lowest BCUT2D eigenvalue weighted by molar-refractivity contribution is -0.115. The van der Waals surface area contributed by atoms with Gasteiger partial charge in [0.15, 0.2) is 5.78 Å². The largest absolute Gasteiger partial charge is 0.496 e. The minimum absolute atomic E-state index is 0. The average Bonchev–Trinajstić information content (AvgIpc) is 2.60. The van der Waals surface area contributed by atoms with E-state index >= 15 is 0 Å². The maximum absolute atomic E-state index is 12.5. The predicted octanol–water partition coefficient (Wildman–Crippen LogP) is 3.61. The van der Waals surface area contributed by atoms with Crippen molar-refractivity contribution in [2.75, 3.05) is 19.0 Å². The topological polar surface area (TPSA) is 67.4 Å². The normalized spacial score (nSPS) is 9.96. The van der Waals surface area contributed by atoms with E-state index in [0.29, 0.717) is 23.4 Å². The number of benzene rings is 2. The zero-order chi connectivity index (χ0) is 18.2. The van der Waals surface area contributed by atoms with Crippen LogP contribution in [-0.4, -0.2) is 25.3 Å². The number of rotatable bonds is 8. The maximum Gasteiger partial charge on any atom is 0.228 e. The summed E-state index contributed by atoms with van der Waals surface area (Å²) in [5.74, 6) is 0.407. The molecule has 0 aliphatic carbocycles. The van der Waals surface area contributed by atoms with Gasteiger partial charge in [-0.3, -0.25) is 9.59 Å². The van der Waals surface area contributed by atoms with Gasteiger partial charge in [-0.1, -0.05) is 25.1 Å². The average molecular weight is 377 g/mol. The number of carbonyl (C=O) groups is 2. The van der Waals surface area contributed by atoms with Gasteiger partial charge in [0.2, 0.25) is 5.91 Å². The van der Waals surface area contributed by atoms with Crippen LogP contribution in [0.3, 0.4) is 0 Å². The van der Waals surface area contributed by atoms with Gasteiger partial charge in [-0.05, 0) is 43.3 Å². The van der Waals surface area contributed by atoms with Crippen LogP contribution in [0.2, 0.25) is 0 Å². The summed E-state index contributed by atoms with van der Waals surface area (Å²) in [5.41, 5.74) is 3.07. The molecule has 2 aromatic carbocycles. The monoisotopic (exact) mass is 376 g/mol. The molecule has 140 valence electrons. The summed E-state index contributed by atoms with van der Waals surface area (Å²) in [4.78, 5) is 24.1. The minimum atomic E-state index is -0.150. The van der Waals surface area contributed by atoms with Crippen LogP contribution in [0, 0.1) is 0 Å². The standard InChI is InChI=1S/C20H24N2O3.ClH/c1-4-21-13-16-7-5-6-8-18(16)22-20(24)12-17-11-15(14(2)23)9-10-19(17)25-3;/h5-11,21H,4,12-13H2,1-3H3,(H,22,24);1H. The molecule has 0 saturated carbocycles. The first-order valence-electron chi connectivity index (χ1n) is 8.31. The first kappa shape index (κ1) is 21.7. The highest BCUT2D eigenvalue weighted by atomic mass is 35.5. The summed E-state index contributed by atoms with van der Waals surface area (Å²) in [6, 6.07) is 12.8. The van der Waals surface area contributed by atoms with Gasteiger partial charge in [-0.15, -0.1) is 12.4 Å². The molecule has 0 spiro atoms. The van der Waals surface area contributed by atoms with Crippen molar-refractivity contribution in [3.8, 4) is 5.75 Å². The SMILES string of the molecule is CCNCc1ccccc1NC(=O)Cc1cc(C(C)=O)ccc1OC.Cl. The fourth-order valence-corrected chi connectivity index (χ4v) is 2.56. The number of nitrogens with one attached hydrogen (secondary N) is 2. The van der Waals surface area contributed by atoms with Crippen molar-refractivity contribution >= 4 is 29.8 Å². The fourth-order valence-electron chi connectivity index (χ4n) is 2.56. The van der Waals surface area contributed by atoms with Crippen LogP contribution in [0.15, 0.2) is 42.5 Å².